The zero-order chi connectivity index (χ0) is 15.1. The lowest BCUT2D eigenvalue weighted by Gasteiger charge is -2.11. The summed E-state index contributed by atoms with van der Waals surface area (Å²) < 4.78 is 1.93. The third kappa shape index (κ3) is 2.86. The molecule has 108 valence electrons. The van der Waals surface area contributed by atoms with Crippen molar-refractivity contribution in [1.29, 1.82) is 0 Å². The summed E-state index contributed by atoms with van der Waals surface area (Å²) in [5.41, 5.74) is 2.49. The Morgan fingerprint density at radius 3 is 2.24 bits per heavy atom. The monoisotopic (exact) mass is 358 g/mol. The van der Waals surface area contributed by atoms with E-state index in [4.69, 9.17) is 46.4 Å². The minimum Gasteiger partial charge on any atom is -0.295 e. The average Bonchev–Trinajstić information content (AvgIpc) is 2.76. The van der Waals surface area contributed by atoms with Crippen LogP contribution < -0.4 is 0 Å². The second kappa shape index (κ2) is 5.69. The molecule has 3 aromatic rings. The largest absolute Gasteiger partial charge is 0.295 e. The Morgan fingerprint density at radius 2 is 1.62 bits per heavy atom. The van der Waals surface area contributed by atoms with Crippen molar-refractivity contribution in [2.75, 3.05) is 0 Å². The van der Waals surface area contributed by atoms with Crippen LogP contribution in [0.1, 0.15) is 18.1 Å². The fraction of sp³-hybridized carbons (Fsp3) is 0.133. The molecule has 0 amide bonds. The van der Waals surface area contributed by atoms with Crippen molar-refractivity contribution in [1.82, 2.24) is 9.55 Å². The number of imidazole rings is 1. The summed E-state index contributed by atoms with van der Waals surface area (Å²) in [5.74, 6) is 0.715. The van der Waals surface area contributed by atoms with Crippen molar-refractivity contribution in [3.8, 4) is 5.69 Å². The Morgan fingerprint density at radius 1 is 0.952 bits per heavy atom. The van der Waals surface area contributed by atoms with E-state index in [0.717, 1.165) is 16.7 Å². The Balaban J connectivity index is 2.38. The van der Waals surface area contributed by atoms with Crippen molar-refractivity contribution in [3.63, 3.8) is 0 Å². The number of hydrogen-bond donors (Lipinski definition) is 0. The van der Waals surface area contributed by atoms with Gasteiger partial charge in [0.25, 0.3) is 0 Å². The molecule has 6 heteroatoms. The van der Waals surface area contributed by atoms with Crippen LogP contribution >= 0.6 is 46.4 Å². The molecule has 1 aromatic heterocycles. The molecule has 0 aliphatic heterocycles. The van der Waals surface area contributed by atoms with Gasteiger partial charge in [-0.15, -0.1) is 11.6 Å². The van der Waals surface area contributed by atoms with Gasteiger partial charge in [0.2, 0.25) is 0 Å². The van der Waals surface area contributed by atoms with Gasteiger partial charge in [-0.2, -0.15) is 0 Å². The lowest BCUT2D eigenvalue weighted by molar-refractivity contribution is 0.882. The summed E-state index contributed by atoms with van der Waals surface area (Å²) in [5, 5.41) is 1.46. The molecule has 0 saturated carbocycles. The number of hydrogen-bond acceptors (Lipinski definition) is 1. The number of rotatable bonds is 2. The van der Waals surface area contributed by atoms with E-state index in [0.29, 0.717) is 20.9 Å². The third-order valence-corrected chi connectivity index (χ3v) is 3.97. The fourth-order valence-corrected chi connectivity index (χ4v) is 3.10. The number of alkyl halides is 1. The van der Waals surface area contributed by atoms with Crippen molar-refractivity contribution in [2.45, 2.75) is 12.3 Å². The first-order valence-electron chi connectivity index (χ1n) is 6.24. The van der Waals surface area contributed by atoms with Crippen molar-refractivity contribution in [3.05, 3.63) is 57.3 Å². The second-order valence-electron chi connectivity index (χ2n) is 4.68. The molecule has 0 aliphatic rings. The maximum Gasteiger partial charge on any atom is 0.132 e. The SMILES string of the molecule is CC(Cl)c1nc2ccc(Cl)cc2n1-c1cc(Cl)cc(Cl)c1. The molecule has 0 saturated heterocycles. The molecule has 0 radical (unpaired) electrons. The quantitative estimate of drug-likeness (QED) is 0.492. The van der Waals surface area contributed by atoms with E-state index in [-0.39, 0.29) is 5.38 Å². The molecule has 2 nitrogen and oxygen atoms in total. The predicted molar refractivity (Wildman–Crippen MR) is 90.4 cm³/mol. The Bertz CT molecular complexity index is 804. The van der Waals surface area contributed by atoms with E-state index in [1.54, 1.807) is 12.1 Å². The van der Waals surface area contributed by atoms with Crippen LogP contribution in [-0.2, 0) is 0 Å². The van der Waals surface area contributed by atoms with Crippen LogP contribution in [0.25, 0.3) is 16.7 Å². The first-order valence-corrected chi connectivity index (χ1v) is 7.81. The number of halogens is 4. The van der Waals surface area contributed by atoms with Gasteiger partial charge in [0, 0.05) is 15.1 Å². The van der Waals surface area contributed by atoms with Crippen LogP contribution in [0.5, 0.6) is 0 Å². The number of aromatic nitrogens is 2. The van der Waals surface area contributed by atoms with Gasteiger partial charge in [-0.3, -0.25) is 4.57 Å². The summed E-state index contributed by atoms with van der Waals surface area (Å²) in [6.45, 7) is 1.87. The zero-order valence-corrected chi connectivity index (χ0v) is 14.0. The normalized spacial score (nSPS) is 12.8. The van der Waals surface area contributed by atoms with E-state index < -0.39 is 0 Å². The fourth-order valence-electron chi connectivity index (χ4n) is 2.27. The summed E-state index contributed by atoms with van der Waals surface area (Å²) in [7, 11) is 0. The van der Waals surface area contributed by atoms with Gasteiger partial charge < -0.3 is 0 Å². The topological polar surface area (TPSA) is 17.8 Å². The molecule has 0 aliphatic carbocycles. The highest BCUT2D eigenvalue weighted by Gasteiger charge is 2.17. The Kier molecular flexibility index (Phi) is 4.06. The summed E-state index contributed by atoms with van der Waals surface area (Å²) >= 11 is 24.6. The lowest BCUT2D eigenvalue weighted by atomic mass is 10.2. The smallest absolute Gasteiger partial charge is 0.132 e. The van der Waals surface area contributed by atoms with Crippen molar-refractivity contribution >= 4 is 57.4 Å². The van der Waals surface area contributed by atoms with Gasteiger partial charge in [-0.1, -0.05) is 34.8 Å². The predicted octanol–water partition coefficient (Wildman–Crippen LogP) is 6.29. The van der Waals surface area contributed by atoms with Crippen LogP contribution in [-0.4, -0.2) is 9.55 Å². The molecule has 2 aromatic carbocycles. The third-order valence-electron chi connectivity index (χ3n) is 3.10. The van der Waals surface area contributed by atoms with Gasteiger partial charge in [0.05, 0.1) is 22.1 Å². The van der Waals surface area contributed by atoms with Gasteiger partial charge in [0.15, 0.2) is 0 Å². The molecule has 0 N–H and O–H groups in total. The maximum absolute atomic E-state index is 6.27. The molecular weight excluding hydrogens is 350 g/mol. The van der Waals surface area contributed by atoms with Crippen molar-refractivity contribution < 1.29 is 0 Å². The molecule has 0 fully saturated rings. The van der Waals surface area contributed by atoms with Crippen LogP contribution in [0.4, 0.5) is 0 Å². The van der Waals surface area contributed by atoms with Gasteiger partial charge in [-0.05, 0) is 43.3 Å². The molecule has 21 heavy (non-hydrogen) atoms. The van der Waals surface area contributed by atoms with Crippen LogP contribution in [0.2, 0.25) is 15.1 Å². The molecule has 1 unspecified atom stereocenters. The van der Waals surface area contributed by atoms with Crippen LogP contribution in [0.15, 0.2) is 36.4 Å². The minimum absolute atomic E-state index is 0.270. The number of benzene rings is 2. The van der Waals surface area contributed by atoms with E-state index in [9.17, 15) is 0 Å². The Hall–Kier alpha value is -0.930. The van der Waals surface area contributed by atoms with Crippen molar-refractivity contribution in [2.24, 2.45) is 0 Å². The van der Waals surface area contributed by atoms with E-state index in [2.05, 4.69) is 4.98 Å². The first-order chi connectivity index (χ1) is 9.95. The zero-order valence-electron chi connectivity index (χ0n) is 10.9. The number of nitrogens with zero attached hydrogens (tertiary/aromatic N) is 2. The van der Waals surface area contributed by atoms with Crippen LogP contribution in [0.3, 0.4) is 0 Å². The average molecular weight is 360 g/mol. The standard InChI is InChI=1S/C15H10Cl4N2/c1-8(16)15-20-13-3-2-9(17)7-14(13)21(15)12-5-10(18)4-11(19)6-12/h2-8H,1H3. The van der Waals surface area contributed by atoms with E-state index >= 15 is 0 Å². The second-order valence-corrected chi connectivity index (χ2v) is 6.65. The molecular formula is C15H10Cl4N2. The first kappa shape index (κ1) is 15.0. The summed E-state index contributed by atoms with van der Waals surface area (Å²) in [6.07, 6.45) is 0. The summed E-state index contributed by atoms with van der Waals surface area (Å²) in [4.78, 5) is 4.58. The van der Waals surface area contributed by atoms with Gasteiger partial charge >= 0.3 is 0 Å². The molecule has 0 bridgehead atoms. The highest BCUT2D eigenvalue weighted by molar-refractivity contribution is 6.35. The Labute approximate surface area is 142 Å². The highest BCUT2D eigenvalue weighted by Crippen LogP contribution is 2.31. The maximum atomic E-state index is 6.27. The lowest BCUT2D eigenvalue weighted by Crippen LogP contribution is -2.02. The van der Waals surface area contributed by atoms with Gasteiger partial charge in [-0.25, -0.2) is 4.98 Å². The highest BCUT2D eigenvalue weighted by atomic mass is 35.5. The number of fused-ring (bicyclic) bond motifs is 1. The van der Waals surface area contributed by atoms with Crippen LogP contribution in [0, 0.1) is 0 Å². The van der Waals surface area contributed by atoms with E-state index in [1.807, 2.05) is 35.8 Å². The summed E-state index contributed by atoms with van der Waals surface area (Å²) in [6, 6.07) is 10.8. The van der Waals surface area contributed by atoms with Gasteiger partial charge in [0.1, 0.15) is 5.82 Å². The molecule has 3 rings (SSSR count). The molecule has 0 spiro atoms. The van der Waals surface area contributed by atoms with E-state index in [1.165, 1.54) is 0 Å². The molecule has 1 atom stereocenters. The molecule has 1 heterocycles. The minimum atomic E-state index is -0.270.